The number of benzene rings is 1. The number of thioether (sulfide) groups is 1. The quantitative estimate of drug-likeness (QED) is 0.475. The van der Waals surface area contributed by atoms with Gasteiger partial charge in [-0.05, 0) is 31.5 Å². The van der Waals surface area contributed by atoms with Crippen LogP contribution in [0.25, 0.3) is 22.8 Å². The first-order chi connectivity index (χ1) is 12.6. The molecule has 3 heterocycles. The highest BCUT2D eigenvalue weighted by Crippen LogP contribution is 2.28. The van der Waals surface area contributed by atoms with Gasteiger partial charge in [0.15, 0.2) is 0 Å². The van der Waals surface area contributed by atoms with Gasteiger partial charge in [-0.3, -0.25) is 0 Å². The van der Waals surface area contributed by atoms with Crippen LogP contribution in [0.1, 0.15) is 17.2 Å². The fourth-order valence-corrected chi connectivity index (χ4v) is 2.87. The van der Waals surface area contributed by atoms with E-state index in [1.54, 1.807) is 31.4 Å². The predicted octanol–water partition coefficient (Wildman–Crippen LogP) is 4.43. The van der Waals surface area contributed by atoms with E-state index in [1.807, 2.05) is 6.92 Å². The topological polar surface area (TPSA) is 91.0 Å². The number of aryl methyl sites for hydroxylation is 2. The molecule has 0 unspecified atom stereocenters. The minimum Gasteiger partial charge on any atom is -0.469 e. The van der Waals surface area contributed by atoms with Gasteiger partial charge in [-0.2, -0.15) is 4.98 Å². The standard InChI is InChI=1S/C17H13FN4O3S/c1-9-3-4-11(7-13(9)18)15-19-14(25-22-15)8-26-17-21-20-16(24-17)12-5-6-23-10(12)2/h3-7H,8H2,1-2H3. The van der Waals surface area contributed by atoms with Crippen LogP contribution in [0.15, 0.2) is 49.1 Å². The Hall–Kier alpha value is -2.94. The average Bonchev–Trinajstić information content (AvgIpc) is 3.35. The second-order valence-electron chi connectivity index (χ2n) is 5.53. The summed E-state index contributed by atoms with van der Waals surface area (Å²) in [6, 6.07) is 6.57. The number of hydrogen-bond acceptors (Lipinski definition) is 8. The lowest BCUT2D eigenvalue weighted by atomic mass is 10.1. The van der Waals surface area contributed by atoms with Gasteiger partial charge in [0.05, 0.1) is 17.6 Å². The molecule has 3 aromatic heterocycles. The van der Waals surface area contributed by atoms with E-state index in [2.05, 4.69) is 20.3 Å². The largest absolute Gasteiger partial charge is 0.469 e. The van der Waals surface area contributed by atoms with Crippen LogP contribution in [-0.4, -0.2) is 20.3 Å². The summed E-state index contributed by atoms with van der Waals surface area (Å²) in [6.45, 7) is 3.52. The predicted molar refractivity (Wildman–Crippen MR) is 90.7 cm³/mol. The van der Waals surface area contributed by atoms with Crippen LogP contribution < -0.4 is 0 Å². The molecule has 1 aromatic carbocycles. The highest BCUT2D eigenvalue weighted by Gasteiger charge is 2.15. The van der Waals surface area contributed by atoms with Crippen LogP contribution >= 0.6 is 11.8 Å². The van der Waals surface area contributed by atoms with E-state index >= 15 is 0 Å². The highest BCUT2D eigenvalue weighted by molar-refractivity contribution is 7.98. The van der Waals surface area contributed by atoms with Crippen molar-refractivity contribution >= 4 is 11.8 Å². The Bertz CT molecular complexity index is 1060. The van der Waals surface area contributed by atoms with Gasteiger partial charge < -0.3 is 13.4 Å². The summed E-state index contributed by atoms with van der Waals surface area (Å²) in [5.41, 5.74) is 1.88. The van der Waals surface area contributed by atoms with Gasteiger partial charge >= 0.3 is 0 Å². The van der Waals surface area contributed by atoms with Crippen molar-refractivity contribution in [1.82, 2.24) is 20.3 Å². The summed E-state index contributed by atoms with van der Waals surface area (Å²) < 4.78 is 29.7. The molecule has 0 fully saturated rings. The maximum atomic E-state index is 13.7. The van der Waals surface area contributed by atoms with E-state index in [0.717, 1.165) is 5.56 Å². The Morgan fingerprint density at radius 2 is 2.04 bits per heavy atom. The average molecular weight is 372 g/mol. The summed E-state index contributed by atoms with van der Waals surface area (Å²) in [5.74, 6) is 1.85. The number of aromatic nitrogens is 4. The van der Waals surface area contributed by atoms with Gasteiger partial charge in [-0.15, -0.1) is 10.2 Å². The van der Waals surface area contributed by atoms with Gasteiger partial charge in [0, 0.05) is 5.56 Å². The van der Waals surface area contributed by atoms with Gasteiger partial charge in [0.2, 0.25) is 11.7 Å². The van der Waals surface area contributed by atoms with E-state index in [9.17, 15) is 4.39 Å². The lowest BCUT2D eigenvalue weighted by molar-refractivity contribution is 0.391. The lowest BCUT2D eigenvalue weighted by Crippen LogP contribution is -1.86. The number of furan rings is 1. The number of nitrogens with zero attached hydrogens (tertiary/aromatic N) is 4. The maximum absolute atomic E-state index is 13.7. The molecule has 0 atom stereocenters. The molecule has 9 heteroatoms. The van der Waals surface area contributed by atoms with Crippen molar-refractivity contribution in [3.63, 3.8) is 0 Å². The summed E-state index contributed by atoms with van der Waals surface area (Å²) in [7, 11) is 0. The Balaban J connectivity index is 1.44. The fraction of sp³-hybridized carbons (Fsp3) is 0.176. The zero-order valence-corrected chi connectivity index (χ0v) is 14.7. The monoisotopic (exact) mass is 372 g/mol. The van der Waals surface area contributed by atoms with Crippen LogP contribution in [-0.2, 0) is 5.75 Å². The van der Waals surface area contributed by atoms with E-state index < -0.39 is 0 Å². The second-order valence-corrected chi connectivity index (χ2v) is 6.45. The number of rotatable bonds is 5. The first-order valence-electron chi connectivity index (χ1n) is 7.70. The third kappa shape index (κ3) is 3.25. The summed E-state index contributed by atoms with van der Waals surface area (Å²) in [6.07, 6.45) is 1.57. The highest BCUT2D eigenvalue weighted by atomic mass is 32.2. The molecular weight excluding hydrogens is 359 g/mol. The van der Waals surface area contributed by atoms with Crippen LogP contribution in [0, 0.1) is 19.7 Å². The summed E-state index contributed by atoms with van der Waals surface area (Å²) in [4.78, 5) is 4.27. The first kappa shape index (κ1) is 16.5. The van der Waals surface area contributed by atoms with Gasteiger partial charge in [-0.25, -0.2) is 4.39 Å². The van der Waals surface area contributed by atoms with Gasteiger partial charge in [0.1, 0.15) is 11.6 Å². The second kappa shape index (κ2) is 6.75. The minimum absolute atomic E-state index is 0.309. The van der Waals surface area contributed by atoms with Crippen LogP contribution in [0.2, 0.25) is 0 Å². The Morgan fingerprint density at radius 1 is 1.15 bits per heavy atom. The normalized spacial score (nSPS) is 11.2. The smallest absolute Gasteiger partial charge is 0.277 e. The van der Waals surface area contributed by atoms with Crippen LogP contribution in [0.4, 0.5) is 4.39 Å². The van der Waals surface area contributed by atoms with Gasteiger partial charge in [0.25, 0.3) is 11.1 Å². The summed E-state index contributed by atoms with van der Waals surface area (Å²) in [5, 5.41) is 12.2. The maximum Gasteiger partial charge on any atom is 0.277 e. The summed E-state index contributed by atoms with van der Waals surface area (Å²) >= 11 is 1.27. The van der Waals surface area contributed by atoms with Crippen molar-refractivity contribution in [3.8, 4) is 22.8 Å². The van der Waals surface area contributed by atoms with Crippen molar-refractivity contribution < 1.29 is 17.7 Å². The van der Waals surface area contributed by atoms with E-state index in [-0.39, 0.29) is 5.82 Å². The zero-order chi connectivity index (χ0) is 18.1. The molecular formula is C17H13FN4O3S. The molecule has 132 valence electrons. The molecule has 0 amide bonds. The number of hydrogen-bond donors (Lipinski definition) is 0. The van der Waals surface area contributed by atoms with Crippen LogP contribution in [0.5, 0.6) is 0 Å². The lowest BCUT2D eigenvalue weighted by Gasteiger charge is -1.97. The molecule has 0 N–H and O–H groups in total. The third-order valence-corrected chi connectivity index (χ3v) is 4.52. The van der Waals surface area contributed by atoms with E-state index in [1.165, 1.54) is 17.8 Å². The number of halogens is 1. The third-order valence-electron chi connectivity index (χ3n) is 3.71. The molecule has 0 bridgehead atoms. The minimum atomic E-state index is -0.309. The first-order valence-corrected chi connectivity index (χ1v) is 8.68. The Labute approximate surface area is 151 Å². The fourth-order valence-electron chi connectivity index (χ4n) is 2.27. The molecule has 0 aliphatic carbocycles. The molecule has 26 heavy (non-hydrogen) atoms. The van der Waals surface area contributed by atoms with E-state index in [4.69, 9.17) is 13.4 Å². The molecule has 0 saturated heterocycles. The molecule has 7 nitrogen and oxygen atoms in total. The molecule has 0 saturated carbocycles. The SMILES string of the molecule is Cc1ccc(-c2noc(CSc3nnc(-c4ccoc4C)o3)n2)cc1F. The van der Waals surface area contributed by atoms with Crippen molar-refractivity contribution in [2.24, 2.45) is 0 Å². The molecule has 4 rings (SSSR count). The molecule has 4 aromatic rings. The molecule has 0 aliphatic heterocycles. The molecule has 0 aliphatic rings. The van der Waals surface area contributed by atoms with Crippen LogP contribution in [0.3, 0.4) is 0 Å². The van der Waals surface area contributed by atoms with E-state index in [0.29, 0.717) is 45.5 Å². The van der Waals surface area contributed by atoms with Crippen molar-refractivity contribution in [3.05, 3.63) is 53.6 Å². The molecule has 0 radical (unpaired) electrons. The van der Waals surface area contributed by atoms with Crippen molar-refractivity contribution in [2.45, 2.75) is 24.8 Å². The Kier molecular flexibility index (Phi) is 4.29. The van der Waals surface area contributed by atoms with Crippen molar-refractivity contribution in [1.29, 1.82) is 0 Å². The zero-order valence-electron chi connectivity index (χ0n) is 13.9. The molecule has 0 spiro atoms. The Morgan fingerprint density at radius 3 is 2.81 bits per heavy atom. The van der Waals surface area contributed by atoms with Crippen molar-refractivity contribution in [2.75, 3.05) is 0 Å². The van der Waals surface area contributed by atoms with Gasteiger partial charge in [-0.1, -0.05) is 29.1 Å².